The Morgan fingerprint density at radius 2 is 1.78 bits per heavy atom. The van der Waals surface area contributed by atoms with Crippen molar-refractivity contribution in [2.75, 3.05) is 16.9 Å². The number of nitrogens with zero attached hydrogens (tertiary/aromatic N) is 3. The van der Waals surface area contributed by atoms with E-state index in [0.29, 0.717) is 5.92 Å². The van der Waals surface area contributed by atoms with E-state index in [4.69, 9.17) is 0 Å². The summed E-state index contributed by atoms with van der Waals surface area (Å²) in [5, 5.41) is 8.70. The van der Waals surface area contributed by atoms with Crippen LogP contribution in [0, 0.1) is 0 Å². The van der Waals surface area contributed by atoms with Crippen molar-refractivity contribution in [1.82, 2.24) is 19.7 Å². The molecule has 0 aliphatic heterocycles. The number of halogens is 3. The van der Waals surface area contributed by atoms with Crippen LogP contribution in [0.1, 0.15) is 30.0 Å². The minimum absolute atomic E-state index is 0.0817. The number of fused-ring (bicyclic) bond motifs is 1. The fraction of sp³-hybridized carbons (Fsp3) is 0.261. The first-order valence-corrected chi connectivity index (χ1v) is 12.8. The summed E-state index contributed by atoms with van der Waals surface area (Å²) in [7, 11) is -2.13. The lowest BCUT2D eigenvalue weighted by atomic mass is 10.1. The van der Waals surface area contributed by atoms with E-state index < -0.39 is 27.3 Å². The average molecular weight is 519 g/mol. The van der Waals surface area contributed by atoms with Gasteiger partial charge >= 0.3 is 6.18 Å². The van der Waals surface area contributed by atoms with Crippen molar-refractivity contribution < 1.29 is 21.6 Å². The predicted molar refractivity (Wildman–Crippen MR) is 129 cm³/mol. The summed E-state index contributed by atoms with van der Waals surface area (Å²) >= 11 is 0. The van der Waals surface area contributed by atoms with Gasteiger partial charge in [-0.1, -0.05) is 12.1 Å². The van der Waals surface area contributed by atoms with E-state index in [9.17, 15) is 26.4 Å². The Balaban J connectivity index is 1.59. The number of pyridine rings is 2. The fourth-order valence-electron chi connectivity index (χ4n) is 3.94. The molecule has 1 fully saturated rings. The Labute approximate surface area is 203 Å². The lowest BCUT2D eigenvalue weighted by molar-refractivity contribution is -0.141. The number of sulfone groups is 1. The van der Waals surface area contributed by atoms with E-state index in [1.54, 1.807) is 12.1 Å². The van der Waals surface area contributed by atoms with E-state index in [1.807, 2.05) is 6.07 Å². The molecule has 1 aliphatic rings. The molecule has 3 aromatic heterocycles. The maximum atomic E-state index is 13.1. The van der Waals surface area contributed by atoms with Gasteiger partial charge in [-0.15, -0.1) is 0 Å². The van der Waals surface area contributed by atoms with E-state index in [0.717, 1.165) is 30.7 Å². The molecule has 1 aliphatic carbocycles. The molecule has 0 saturated heterocycles. The van der Waals surface area contributed by atoms with Gasteiger partial charge in [-0.3, -0.25) is 14.6 Å². The number of aromatic amines is 1. The first-order valence-electron chi connectivity index (χ1n) is 10.9. The first-order chi connectivity index (χ1) is 16.9. The van der Waals surface area contributed by atoms with Crippen molar-refractivity contribution in [1.29, 1.82) is 0 Å². The van der Waals surface area contributed by atoms with Crippen molar-refractivity contribution in [3.05, 3.63) is 64.1 Å². The predicted octanol–water partition coefficient (Wildman–Crippen LogP) is 4.44. The molecule has 1 saturated carbocycles. The monoisotopic (exact) mass is 518 g/mol. The molecule has 36 heavy (non-hydrogen) atoms. The quantitative estimate of drug-likeness (QED) is 0.345. The van der Waals surface area contributed by atoms with Gasteiger partial charge in [-0.05, 0) is 48.6 Å². The Bertz CT molecular complexity index is 1660. The molecule has 0 atom stereocenters. The van der Waals surface area contributed by atoms with Gasteiger partial charge in [-0.2, -0.15) is 13.2 Å². The van der Waals surface area contributed by atoms with Crippen LogP contribution in [0.3, 0.4) is 0 Å². The summed E-state index contributed by atoms with van der Waals surface area (Å²) in [6.45, 7) is 0. The number of H-pyrrole nitrogens is 1. The fourth-order valence-corrected chi connectivity index (χ4v) is 4.81. The second kappa shape index (κ2) is 8.36. The number of nitrogens with one attached hydrogen (secondary N) is 3. The molecule has 188 valence electrons. The summed E-state index contributed by atoms with van der Waals surface area (Å²) in [6, 6.07) is 9.94. The van der Waals surface area contributed by atoms with Crippen LogP contribution in [0.5, 0.6) is 0 Å². The lowest BCUT2D eigenvalue weighted by Crippen LogP contribution is -2.12. The third kappa shape index (κ3) is 4.65. The number of hydrogen-bond acceptors (Lipinski definition) is 7. The maximum Gasteiger partial charge on any atom is 0.433 e. The van der Waals surface area contributed by atoms with Crippen molar-refractivity contribution >= 4 is 43.9 Å². The van der Waals surface area contributed by atoms with Crippen LogP contribution in [0.15, 0.2) is 52.2 Å². The van der Waals surface area contributed by atoms with Gasteiger partial charge in [0.15, 0.2) is 15.5 Å². The number of rotatable bonds is 6. The van der Waals surface area contributed by atoms with Gasteiger partial charge in [-0.25, -0.2) is 18.4 Å². The molecule has 3 N–H and O–H groups in total. The number of anilines is 4. The van der Waals surface area contributed by atoms with E-state index in [2.05, 4.69) is 25.7 Å². The molecular weight excluding hydrogens is 497 g/mol. The molecule has 5 rings (SSSR count). The largest absolute Gasteiger partial charge is 0.433 e. The highest BCUT2D eigenvalue weighted by Crippen LogP contribution is 2.42. The van der Waals surface area contributed by atoms with Crippen molar-refractivity contribution in [2.24, 2.45) is 7.05 Å². The average Bonchev–Trinajstić information content (AvgIpc) is 3.59. The normalized spacial score (nSPS) is 14.2. The summed E-state index contributed by atoms with van der Waals surface area (Å²) in [6.07, 6.45) is -1.52. The van der Waals surface area contributed by atoms with Gasteiger partial charge in [0.1, 0.15) is 22.7 Å². The van der Waals surface area contributed by atoms with Crippen LogP contribution < -0.4 is 16.2 Å². The van der Waals surface area contributed by atoms with Crippen LogP contribution in [-0.4, -0.2) is 34.4 Å². The molecule has 0 amide bonds. The van der Waals surface area contributed by atoms with Crippen LogP contribution in [-0.2, 0) is 23.1 Å². The molecule has 1 aromatic carbocycles. The van der Waals surface area contributed by atoms with E-state index in [-0.39, 0.29) is 38.9 Å². The molecule has 4 aromatic rings. The Hall–Kier alpha value is -3.87. The SMILES string of the molecule is Cn1[nH]c2nc(Nc3cccc(C(F)(F)F)n3)cc(Nc3ccc(C4CC4)cc3S(C)(=O)=O)c2c1=O. The first kappa shape index (κ1) is 23.9. The van der Waals surface area contributed by atoms with Gasteiger partial charge in [0.2, 0.25) is 0 Å². The molecule has 3 heterocycles. The number of aryl methyl sites for hydroxylation is 1. The third-order valence-electron chi connectivity index (χ3n) is 5.83. The van der Waals surface area contributed by atoms with E-state index in [1.165, 1.54) is 29.9 Å². The molecule has 0 spiro atoms. The number of aromatic nitrogens is 4. The minimum Gasteiger partial charge on any atom is -0.354 e. The standard InChI is InChI=1S/C23H21F3N6O3S/c1-32-22(33)20-15(27-14-9-8-13(12-6-7-12)10-16(14)36(2,34)35)11-19(30-21(20)31-32)29-18-5-3-4-17(28-18)23(24,25)26/h3-5,8-12H,6-7H2,1-2H3,(H3,27,28,29,30,31). The van der Waals surface area contributed by atoms with Crippen molar-refractivity contribution in [3.63, 3.8) is 0 Å². The van der Waals surface area contributed by atoms with Crippen LogP contribution in [0.2, 0.25) is 0 Å². The number of benzene rings is 1. The lowest BCUT2D eigenvalue weighted by Gasteiger charge is -2.15. The van der Waals surface area contributed by atoms with Gasteiger partial charge in [0, 0.05) is 19.4 Å². The summed E-state index contributed by atoms with van der Waals surface area (Å²) in [5.74, 6) is 0.320. The molecule has 0 bridgehead atoms. The van der Waals surface area contributed by atoms with Crippen molar-refractivity contribution in [2.45, 2.75) is 29.8 Å². The van der Waals surface area contributed by atoms with Crippen LogP contribution in [0.25, 0.3) is 11.0 Å². The minimum atomic E-state index is -4.62. The third-order valence-corrected chi connectivity index (χ3v) is 6.97. The Kier molecular flexibility index (Phi) is 5.54. The number of alkyl halides is 3. The Morgan fingerprint density at radius 3 is 2.44 bits per heavy atom. The zero-order chi connectivity index (χ0) is 25.8. The van der Waals surface area contributed by atoms with Crippen LogP contribution in [0.4, 0.5) is 36.2 Å². The van der Waals surface area contributed by atoms with E-state index >= 15 is 0 Å². The molecule has 0 radical (unpaired) electrons. The second-order valence-corrected chi connectivity index (χ2v) is 10.7. The zero-order valence-corrected chi connectivity index (χ0v) is 20.0. The smallest absolute Gasteiger partial charge is 0.354 e. The topological polar surface area (TPSA) is 122 Å². The highest BCUT2D eigenvalue weighted by Gasteiger charge is 2.32. The van der Waals surface area contributed by atoms with Crippen molar-refractivity contribution in [3.8, 4) is 0 Å². The summed E-state index contributed by atoms with van der Waals surface area (Å²) in [5.41, 5.74) is 0.0721. The zero-order valence-electron chi connectivity index (χ0n) is 19.1. The summed E-state index contributed by atoms with van der Waals surface area (Å²) in [4.78, 5) is 20.7. The maximum absolute atomic E-state index is 13.1. The molecule has 13 heteroatoms. The second-order valence-electron chi connectivity index (χ2n) is 8.71. The summed E-state index contributed by atoms with van der Waals surface area (Å²) < 4.78 is 65.5. The Morgan fingerprint density at radius 1 is 1.03 bits per heavy atom. The highest BCUT2D eigenvalue weighted by molar-refractivity contribution is 7.90. The number of hydrogen-bond donors (Lipinski definition) is 3. The molecule has 0 unspecified atom stereocenters. The molecule has 9 nitrogen and oxygen atoms in total. The highest BCUT2D eigenvalue weighted by atomic mass is 32.2. The van der Waals surface area contributed by atoms with Gasteiger partial charge in [0.05, 0.1) is 16.3 Å². The van der Waals surface area contributed by atoms with Gasteiger partial charge in [0.25, 0.3) is 5.56 Å². The molecular formula is C23H21F3N6O3S. The van der Waals surface area contributed by atoms with Gasteiger partial charge < -0.3 is 10.6 Å². The van der Waals surface area contributed by atoms with Crippen LogP contribution >= 0.6 is 0 Å².